The van der Waals surface area contributed by atoms with E-state index in [9.17, 15) is 14.7 Å². The fourth-order valence-electron chi connectivity index (χ4n) is 4.92. The van der Waals surface area contributed by atoms with Crippen molar-refractivity contribution in [1.82, 2.24) is 14.7 Å². The molecule has 2 saturated heterocycles. The molecular weight excluding hydrogens is 362 g/mol. The van der Waals surface area contributed by atoms with Crippen LogP contribution in [0.1, 0.15) is 39.1 Å². The minimum absolute atomic E-state index is 0.00674. The highest BCUT2D eigenvalue weighted by Crippen LogP contribution is 2.39. The molecule has 0 unspecified atom stereocenters. The fraction of sp³-hybridized carbons (Fsp3) is 0.700. The van der Waals surface area contributed by atoms with Crippen molar-refractivity contribution in [1.29, 1.82) is 0 Å². The van der Waals surface area contributed by atoms with E-state index in [0.29, 0.717) is 21.6 Å². The van der Waals surface area contributed by atoms with Gasteiger partial charge in [-0.2, -0.15) is 0 Å². The molecule has 4 atom stereocenters. The number of hydrogen-bond acceptors (Lipinski definition) is 6. The molecule has 0 bridgehead atoms. The summed E-state index contributed by atoms with van der Waals surface area (Å²) in [7, 11) is 2.15. The summed E-state index contributed by atoms with van der Waals surface area (Å²) in [5, 5.41) is 10.7. The summed E-state index contributed by atoms with van der Waals surface area (Å²) in [5.74, 6) is 0.897. The second-order valence-electron chi connectivity index (χ2n) is 8.40. The number of aliphatic hydroxyl groups excluding tert-OH is 1. The highest BCUT2D eigenvalue weighted by molar-refractivity contribution is 7.15. The number of likely N-dealkylation sites (N-methyl/N-ethyl adjacent to an activating group) is 1. The second-order valence-corrected chi connectivity index (χ2v) is 9.48. The summed E-state index contributed by atoms with van der Waals surface area (Å²) in [6.45, 7) is 7.17. The third-order valence-electron chi connectivity index (χ3n) is 6.57. The van der Waals surface area contributed by atoms with Gasteiger partial charge in [-0.05, 0) is 50.8 Å². The van der Waals surface area contributed by atoms with Gasteiger partial charge in [0.2, 0.25) is 0 Å². The molecule has 6 nitrogen and oxygen atoms in total. The van der Waals surface area contributed by atoms with E-state index < -0.39 is 0 Å². The number of thiophene rings is 1. The maximum atomic E-state index is 12.9. The Labute approximate surface area is 164 Å². The molecule has 1 saturated carbocycles. The summed E-state index contributed by atoms with van der Waals surface area (Å²) in [4.78, 5) is 32.4. The van der Waals surface area contributed by atoms with Crippen molar-refractivity contribution in [3.05, 3.63) is 21.9 Å². The molecule has 27 heavy (non-hydrogen) atoms. The quantitative estimate of drug-likeness (QED) is 0.790. The van der Waals surface area contributed by atoms with E-state index in [1.54, 1.807) is 12.1 Å². The fourth-order valence-corrected chi connectivity index (χ4v) is 5.79. The Bertz CT molecular complexity index is 713. The topological polar surface area (TPSA) is 64.1 Å². The molecule has 3 aliphatic rings. The van der Waals surface area contributed by atoms with Crippen molar-refractivity contribution in [3.63, 3.8) is 0 Å². The largest absolute Gasteiger partial charge is 0.391 e. The zero-order chi connectivity index (χ0) is 19.1. The van der Waals surface area contributed by atoms with Crippen LogP contribution in [0.5, 0.6) is 0 Å². The molecule has 1 aromatic rings. The van der Waals surface area contributed by atoms with Crippen molar-refractivity contribution in [2.24, 2.45) is 11.8 Å². The molecular formula is C20H29N3O3S. The smallest absolute Gasteiger partial charge is 0.263 e. The van der Waals surface area contributed by atoms with Gasteiger partial charge in [-0.3, -0.25) is 14.5 Å². The number of amides is 1. The predicted molar refractivity (Wildman–Crippen MR) is 105 cm³/mol. The molecule has 4 rings (SSSR count). The monoisotopic (exact) mass is 391 g/mol. The van der Waals surface area contributed by atoms with Crippen LogP contribution in [0.2, 0.25) is 0 Å². The van der Waals surface area contributed by atoms with Gasteiger partial charge in [-0.1, -0.05) is 0 Å². The van der Waals surface area contributed by atoms with Gasteiger partial charge in [-0.25, -0.2) is 0 Å². The van der Waals surface area contributed by atoms with E-state index in [1.165, 1.54) is 18.3 Å². The standard InChI is InChI=1S/C20H29N3O3S/c1-13(24)18-3-4-19(27-18)20(26)23-11-14-9-16(17(25)10-15(14)12-23)22-7-5-21(2)6-8-22/h3-4,14-17,25H,5-12H2,1-2H3/t14-,15+,16-,17-/m1/s1. The van der Waals surface area contributed by atoms with Crippen molar-refractivity contribution >= 4 is 23.0 Å². The molecule has 148 valence electrons. The van der Waals surface area contributed by atoms with E-state index in [2.05, 4.69) is 16.8 Å². The van der Waals surface area contributed by atoms with E-state index in [1.807, 2.05) is 4.90 Å². The number of fused-ring (bicyclic) bond motifs is 1. The Morgan fingerprint density at radius 1 is 1.04 bits per heavy atom. The number of aliphatic hydroxyl groups is 1. The van der Waals surface area contributed by atoms with E-state index >= 15 is 0 Å². The van der Waals surface area contributed by atoms with Crippen molar-refractivity contribution in [2.75, 3.05) is 46.3 Å². The average Bonchev–Trinajstić information content (AvgIpc) is 3.28. The Hall–Kier alpha value is -1.28. The van der Waals surface area contributed by atoms with Gasteiger partial charge < -0.3 is 14.9 Å². The number of rotatable bonds is 3. The van der Waals surface area contributed by atoms with Gasteiger partial charge in [0.1, 0.15) is 0 Å². The first kappa shape index (κ1) is 19.1. The van der Waals surface area contributed by atoms with Gasteiger partial charge in [0, 0.05) is 45.3 Å². The van der Waals surface area contributed by atoms with Crippen LogP contribution in [0, 0.1) is 11.8 Å². The molecule has 0 aromatic carbocycles. The molecule has 3 heterocycles. The van der Waals surface area contributed by atoms with E-state index in [-0.39, 0.29) is 23.8 Å². The van der Waals surface area contributed by atoms with Crippen LogP contribution in [0.25, 0.3) is 0 Å². The molecule has 1 aromatic heterocycles. The lowest BCUT2D eigenvalue weighted by Crippen LogP contribution is -2.55. The summed E-state index contributed by atoms with van der Waals surface area (Å²) in [6.07, 6.45) is 1.47. The summed E-state index contributed by atoms with van der Waals surface area (Å²) < 4.78 is 0. The number of Topliss-reactive ketones (excluding diaryl/α,β-unsaturated/α-hetero) is 1. The molecule has 0 spiro atoms. The summed E-state index contributed by atoms with van der Waals surface area (Å²) in [6, 6.07) is 3.74. The van der Waals surface area contributed by atoms with Gasteiger partial charge in [0.05, 0.1) is 15.9 Å². The highest BCUT2D eigenvalue weighted by Gasteiger charge is 2.45. The SMILES string of the molecule is CC(=O)c1ccc(C(=O)N2C[C@H]3C[C@@H](N4CCN(C)CC4)[C@H](O)C[C@H]3C2)s1. The minimum Gasteiger partial charge on any atom is -0.391 e. The summed E-state index contributed by atoms with van der Waals surface area (Å²) >= 11 is 1.29. The maximum Gasteiger partial charge on any atom is 0.263 e. The van der Waals surface area contributed by atoms with Crippen LogP contribution in [-0.4, -0.2) is 90.0 Å². The van der Waals surface area contributed by atoms with Crippen LogP contribution in [0.15, 0.2) is 12.1 Å². The van der Waals surface area contributed by atoms with Crippen LogP contribution in [0.3, 0.4) is 0 Å². The van der Waals surface area contributed by atoms with Crippen LogP contribution in [0.4, 0.5) is 0 Å². The zero-order valence-electron chi connectivity index (χ0n) is 16.1. The number of piperazine rings is 1. The van der Waals surface area contributed by atoms with Crippen molar-refractivity contribution in [3.8, 4) is 0 Å². The van der Waals surface area contributed by atoms with E-state index in [0.717, 1.165) is 52.1 Å². The van der Waals surface area contributed by atoms with Gasteiger partial charge in [0.25, 0.3) is 5.91 Å². The first-order chi connectivity index (χ1) is 12.9. The number of hydrogen-bond donors (Lipinski definition) is 1. The van der Waals surface area contributed by atoms with Crippen LogP contribution >= 0.6 is 11.3 Å². The number of carbonyl (C=O) groups excluding carboxylic acids is 2. The Balaban J connectivity index is 1.40. The number of nitrogens with zero attached hydrogens (tertiary/aromatic N) is 3. The zero-order valence-corrected chi connectivity index (χ0v) is 17.0. The van der Waals surface area contributed by atoms with Crippen molar-refractivity contribution < 1.29 is 14.7 Å². The Morgan fingerprint density at radius 3 is 2.30 bits per heavy atom. The molecule has 0 radical (unpaired) electrons. The number of ketones is 1. The van der Waals surface area contributed by atoms with Gasteiger partial charge in [-0.15, -0.1) is 11.3 Å². The third-order valence-corrected chi connectivity index (χ3v) is 7.74. The number of carbonyl (C=O) groups is 2. The predicted octanol–water partition coefficient (Wildman–Crippen LogP) is 1.41. The summed E-state index contributed by atoms with van der Waals surface area (Å²) in [5.41, 5.74) is 0. The molecule has 1 N–H and O–H groups in total. The second kappa shape index (κ2) is 7.62. The lowest BCUT2D eigenvalue weighted by molar-refractivity contribution is -0.0249. The molecule has 7 heteroatoms. The first-order valence-electron chi connectivity index (χ1n) is 9.93. The Kier molecular flexibility index (Phi) is 5.38. The van der Waals surface area contributed by atoms with Gasteiger partial charge in [0.15, 0.2) is 5.78 Å². The van der Waals surface area contributed by atoms with Crippen LogP contribution in [-0.2, 0) is 0 Å². The average molecular weight is 392 g/mol. The normalized spacial score (nSPS) is 32.5. The molecule has 1 amide bonds. The van der Waals surface area contributed by atoms with Gasteiger partial charge >= 0.3 is 0 Å². The number of likely N-dealkylation sites (tertiary alicyclic amines) is 1. The first-order valence-corrected chi connectivity index (χ1v) is 10.7. The third kappa shape index (κ3) is 3.83. The molecule has 1 aliphatic carbocycles. The maximum absolute atomic E-state index is 12.9. The van der Waals surface area contributed by atoms with E-state index in [4.69, 9.17) is 0 Å². The van der Waals surface area contributed by atoms with Crippen molar-refractivity contribution in [2.45, 2.75) is 31.9 Å². The minimum atomic E-state index is -0.296. The Morgan fingerprint density at radius 2 is 1.67 bits per heavy atom. The van der Waals surface area contributed by atoms with Crippen LogP contribution < -0.4 is 0 Å². The molecule has 2 aliphatic heterocycles. The highest BCUT2D eigenvalue weighted by atomic mass is 32.1. The lowest BCUT2D eigenvalue weighted by atomic mass is 9.77. The molecule has 3 fully saturated rings. The lowest BCUT2D eigenvalue weighted by Gasteiger charge is -2.44.